The Morgan fingerprint density at radius 2 is 1.68 bits per heavy atom. The molecule has 19 heavy (non-hydrogen) atoms. The largest absolute Gasteiger partial charge is 0.327 e. The Bertz CT molecular complexity index is 442. The Morgan fingerprint density at radius 3 is 2.21 bits per heavy atom. The van der Waals surface area contributed by atoms with E-state index in [1.807, 2.05) is 0 Å². The molecule has 0 unspecified atom stereocenters. The number of benzene rings is 1. The van der Waals surface area contributed by atoms with Crippen LogP contribution in [-0.4, -0.2) is 6.54 Å². The first-order valence-corrected chi connectivity index (χ1v) is 7.60. The topological polar surface area (TPSA) is 26.0 Å². The molecule has 1 nitrogen and oxygen atoms in total. The van der Waals surface area contributed by atoms with Crippen molar-refractivity contribution >= 4 is 6.08 Å². The molecule has 1 aliphatic rings. The van der Waals surface area contributed by atoms with Crippen molar-refractivity contribution in [2.75, 3.05) is 6.54 Å². The maximum Gasteiger partial charge on any atom is 0.0142 e. The molecule has 1 fully saturated rings. The van der Waals surface area contributed by atoms with Crippen LogP contribution in [0.3, 0.4) is 0 Å². The van der Waals surface area contributed by atoms with Crippen molar-refractivity contribution in [3.63, 3.8) is 0 Å². The van der Waals surface area contributed by atoms with Gasteiger partial charge in [-0.1, -0.05) is 48.6 Å². The average Bonchev–Trinajstić information content (AvgIpc) is 2.39. The maximum atomic E-state index is 6.01. The number of hydrogen-bond acceptors (Lipinski definition) is 1. The summed E-state index contributed by atoms with van der Waals surface area (Å²) >= 11 is 0. The normalized spacial score (nSPS) is 17.8. The zero-order valence-corrected chi connectivity index (χ0v) is 12.6. The molecular weight excluding hydrogens is 230 g/mol. The van der Waals surface area contributed by atoms with Crippen molar-refractivity contribution in [1.29, 1.82) is 0 Å². The van der Waals surface area contributed by atoms with E-state index in [1.54, 1.807) is 0 Å². The van der Waals surface area contributed by atoms with Crippen LogP contribution in [0.25, 0.3) is 6.08 Å². The van der Waals surface area contributed by atoms with E-state index in [1.165, 1.54) is 59.9 Å². The lowest BCUT2D eigenvalue weighted by Crippen LogP contribution is -2.16. The van der Waals surface area contributed by atoms with Crippen LogP contribution >= 0.6 is 0 Å². The van der Waals surface area contributed by atoms with Crippen molar-refractivity contribution in [2.24, 2.45) is 11.7 Å². The predicted molar refractivity (Wildman–Crippen MR) is 84.3 cm³/mol. The Labute approximate surface area is 117 Å². The molecule has 0 spiro atoms. The standard InChI is InChI=1S/C18H27N/c1-13-9-14(2)18(15(3)10-13)11-17(12-19)16-7-5-4-6-8-16/h9-11,16H,4-8,12,19H2,1-3H3. The molecule has 0 radical (unpaired) electrons. The highest BCUT2D eigenvalue weighted by Gasteiger charge is 2.17. The SMILES string of the molecule is Cc1cc(C)c(C=C(CN)C2CCCCC2)c(C)c1. The Kier molecular flexibility index (Phi) is 4.81. The Hall–Kier alpha value is -1.08. The van der Waals surface area contributed by atoms with Gasteiger partial charge in [0.15, 0.2) is 0 Å². The van der Waals surface area contributed by atoms with Crippen LogP contribution in [0.1, 0.15) is 54.4 Å². The van der Waals surface area contributed by atoms with Crippen LogP contribution in [0, 0.1) is 26.7 Å². The third-order valence-electron chi connectivity index (χ3n) is 4.43. The summed E-state index contributed by atoms with van der Waals surface area (Å²) in [4.78, 5) is 0. The summed E-state index contributed by atoms with van der Waals surface area (Å²) in [5.41, 5.74) is 12.9. The second-order valence-corrected chi connectivity index (χ2v) is 6.07. The zero-order valence-electron chi connectivity index (χ0n) is 12.6. The van der Waals surface area contributed by atoms with Gasteiger partial charge in [-0.2, -0.15) is 0 Å². The smallest absolute Gasteiger partial charge is 0.0142 e. The molecule has 1 aromatic rings. The van der Waals surface area contributed by atoms with Crippen molar-refractivity contribution in [2.45, 2.75) is 52.9 Å². The van der Waals surface area contributed by atoms with E-state index in [0.29, 0.717) is 6.54 Å². The lowest BCUT2D eigenvalue weighted by atomic mass is 9.82. The van der Waals surface area contributed by atoms with E-state index < -0.39 is 0 Å². The van der Waals surface area contributed by atoms with E-state index in [0.717, 1.165) is 5.92 Å². The van der Waals surface area contributed by atoms with Gasteiger partial charge in [-0.05, 0) is 56.2 Å². The van der Waals surface area contributed by atoms with E-state index in [2.05, 4.69) is 39.0 Å². The van der Waals surface area contributed by atoms with Crippen molar-refractivity contribution < 1.29 is 0 Å². The molecule has 0 atom stereocenters. The highest BCUT2D eigenvalue weighted by Crippen LogP contribution is 2.31. The quantitative estimate of drug-likeness (QED) is 0.845. The van der Waals surface area contributed by atoms with Crippen LogP contribution in [0.15, 0.2) is 17.7 Å². The number of aryl methyl sites for hydroxylation is 3. The zero-order chi connectivity index (χ0) is 13.8. The monoisotopic (exact) mass is 257 g/mol. The second kappa shape index (κ2) is 6.38. The van der Waals surface area contributed by atoms with Gasteiger partial charge in [0.25, 0.3) is 0 Å². The summed E-state index contributed by atoms with van der Waals surface area (Å²) in [6, 6.07) is 4.54. The van der Waals surface area contributed by atoms with Crippen LogP contribution in [0.2, 0.25) is 0 Å². The van der Waals surface area contributed by atoms with Crippen LogP contribution in [-0.2, 0) is 0 Å². The van der Waals surface area contributed by atoms with E-state index >= 15 is 0 Å². The molecule has 104 valence electrons. The fourth-order valence-electron chi connectivity index (χ4n) is 3.42. The molecule has 0 amide bonds. The summed E-state index contributed by atoms with van der Waals surface area (Å²) in [6.07, 6.45) is 9.17. The lowest BCUT2D eigenvalue weighted by molar-refractivity contribution is 0.401. The van der Waals surface area contributed by atoms with Gasteiger partial charge < -0.3 is 5.73 Å². The van der Waals surface area contributed by atoms with Crippen LogP contribution in [0.5, 0.6) is 0 Å². The first-order valence-electron chi connectivity index (χ1n) is 7.60. The minimum atomic E-state index is 0.706. The van der Waals surface area contributed by atoms with E-state index in [4.69, 9.17) is 5.73 Å². The molecule has 0 heterocycles. The molecule has 2 rings (SSSR count). The van der Waals surface area contributed by atoms with Crippen molar-refractivity contribution in [3.05, 3.63) is 40.0 Å². The molecule has 0 aromatic heterocycles. The lowest BCUT2D eigenvalue weighted by Gasteiger charge is -2.24. The van der Waals surface area contributed by atoms with Gasteiger partial charge >= 0.3 is 0 Å². The number of hydrogen-bond donors (Lipinski definition) is 1. The molecule has 1 aromatic carbocycles. The molecule has 1 saturated carbocycles. The van der Waals surface area contributed by atoms with Gasteiger partial charge in [0.05, 0.1) is 0 Å². The van der Waals surface area contributed by atoms with Gasteiger partial charge in [0, 0.05) is 6.54 Å². The molecule has 0 bridgehead atoms. The van der Waals surface area contributed by atoms with Crippen molar-refractivity contribution in [1.82, 2.24) is 0 Å². The second-order valence-electron chi connectivity index (χ2n) is 6.07. The van der Waals surface area contributed by atoms with Crippen LogP contribution in [0.4, 0.5) is 0 Å². The van der Waals surface area contributed by atoms with Gasteiger partial charge in [-0.3, -0.25) is 0 Å². The van der Waals surface area contributed by atoms with Gasteiger partial charge in [-0.25, -0.2) is 0 Å². The first-order chi connectivity index (χ1) is 9.11. The number of rotatable bonds is 3. The first kappa shape index (κ1) is 14.3. The molecule has 0 saturated heterocycles. The van der Waals surface area contributed by atoms with E-state index in [9.17, 15) is 0 Å². The summed E-state index contributed by atoms with van der Waals surface area (Å²) in [7, 11) is 0. The molecule has 1 aliphatic carbocycles. The third kappa shape index (κ3) is 3.48. The highest BCUT2D eigenvalue weighted by molar-refractivity contribution is 5.61. The van der Waals surface area contributed by atoms with Gasteiger partial charge in [0.1, 0.15) is 0 Å². The summed E-state index contributed by atoms with van der Waals surface area (Å²) in [6.45, 7) is 7.29. The van der Waals surface area contributed by atoms with E-state index in [-0.39, 0.29) is 0 Å². The summed E-state index contributed by atoms with van der Waals surface area (Å²) < 4.78 is 0. The average molecular weight is 257 g/mol. The molecule has 0 aliphatic heterocycles. The Balaban J connectivity index is 2.31. The minimum absolute atomic E-state index is 0.706. The fraction of sp³-hybridized carbons (Fsp3) is 0.556. The highest BCUT2D eigenvalue weighted by atomic mass is 14.5. The Morgan fingerprint density at radius 1 is 1.11 bits per heavy atom. The number of nitrogens with two attached hydrogens (primary N) is 1. The van der Waals surface area contributed by atoms with Gasteiger partial charge in [-0.15, -0.1) is 0 Å². The molecular formula is C18H27N. The van der Waals surface area contributed by atoms with Crippen LogP contribution < -0.4 is 5.73 Å². The predicted octanol–water partition coefficient (Wildman–Crippen LogP) is 4.53. The molecule has 1 heteroatoms. The van der Waals surface area contributed by atoms with Crippen molar-refractivity contribution in [3.8, 4) is 0 Å². The maximum absolute atomic E-state index is 6.01. The summed E-state index contributed by atoms with van der Waals surface area (Å²) in [5, 5.41) is 0. The third-order valence-corrected chi connectivity index (χ3v) is 4.43. The van der Waals surface area contributed by atoms with Gasteiger partial charge in [0.2, 0.25) is 0 Å². The summed E-state index contributed by atoms with van der Waals surface area (Å²) in [5.74, 6) is 0.721. The fourth-order valence-corrected chi connectivity index (χ4v) is 3.42. The minimum Gasteiger partial charge on any atom is -0.327 e. The molecule has 2 N–H and O–H groups in total.